The third kappa shape index (κ3) is 6.87. The summed E-state index contributed by atoms with van der Waals surface area (Å²) >= 11 is 1.73. The maximum atomic E-state index is 13.5. The van der Waals surface area contributed by atoms with E-state index in [1.165, 1.54) is 15.4 Å². The van der Waals surface area contributed by atoms with Gasteiger partial charge in [0.2, 0.25) is 5.91 Å². The van der Waals surface area contributed by atoms with Crippen LogP contribution in [-0.4, -0.2) is 33.2 Å². The Kier molecular flexibility index (Phi) is 8.80. The van der Waals surface area contributed by atoms with Crippen LogP contribution >= 0.6 is 11.8 Å². The highest BCUT2D eigenvalue weighted by Gasteiger charge is 2.28. The molecule has 0 radical (unpaired) electrons. The third-order valence-corrected chi connectivity index (χ3v) is 8.29. The lowest BCUT2D eigenvalue weighted by atomic mass is 10.1. The SMILES string of the molecule is Cc1ccc(CSCCNC(=O)CN(c2cc(C)ccc2C)S(=O)(=O)c2ccc(C)cc2)cc1. The predicted molar refractivity (Wildman–Crippen MR) is 142 cm³/mol. The number of anilines is 1. The summed E-state index contributed by atoms with van der Waals surface area (Å²) in [7, 11) is -3.91. The van der Waals surface area contributed by atoms with Crippen LogP contribution in [0.1, 0.15) is 27.8 Å². The second kappa shape index (κ2) is 11.6. The van der Waals surface area contributed by atoms with Crippen LogP contribution in [0.3, 0.4) is 0 Å². The molecule has 0 bridgehead atoms. The topological polar surface area (TPSA) is 66.5 Å². The van der Waals surface area contributed by atoms with Gasteiger partial charge in [0, 0.05) is 18.1 Å². The van der Waals surface area contributed by atoms with Crippen LogP contribution in [-0.2, 0) is 20.6 Å². The van der Waals surface area contributed by atoms with Crippen LogP contribution in [0.5, 0.6) is 0 Å². The Morgan fingerprint density at radius 2 is 1.44 bits per heavy atom. The van der Waals surface area contributed by atoms with Crippen LogP contribution in [0.4, 0.5) is 5.69 Å². The minimum atomic E-state index is -3.91. The largest absolute Gasteiger partial charge is 0.354 e. The van der Waals surface area contributed by atoms with E-state index in [-0.39, 0.29) is 17.3 Å². The monoisotopic (exact) mass is 496 g/mol. The lowest BCUT2D eigenvalue weighted by Crippen LogP contribution is -2.41. The minimum Gasteiger partial charge on any atom is -0.354 e. The summed E-state index contributed by atoms with van der Waals surface area (Å²) in [6.45, 7) is 7.93. The summed E-state index contributed by atoms with van der Waals surface area (Å²) in [5.41, 5.74) is 5.69. The second-order valence-corrected chi connectivity index (χ2v) is 11.5. The Hall–Kier alpha value is -2.77. The highest BCUT2D eigenvalue weighted by molar-refractivity contribution is 7.98. The van der Waals surface area contributed by atoms with E-state index >= 15 is 0 Å². The molecular weight excluding hydrogens is 464 g/mol. The van der Waals surface area contributed by atoms with E-state index in [9.17, 15) is 13.2 Å². The molecular formula is C27H32N2O3S2. The molecule has 0 aliphatic carbocycles. The van der Waals surface area contributed by atoms with Gasteiger partial charge in [0.15, 0.2) is 0 Å². The average Bonchev–Trinajstić information content (AvgIpc) is 2.80. The van der Waals surface area contributed by atoms with Crippen molar-refractivity contribution in [3.05, 3.63) is 94.5 Å². The molecule has 3 aromatic carbocycles. The molecule has 1 amide bonds. The van der Waals surface area contributed by atoms with Gasteiger partial charge in [-0.25, -0.2) is 8.42 Å². The van der Waals surface area contributed by atoms with Gasteiger partial charge in [0.1, 0.15) is 6.54 Å². The van der Waals surface area contributed by atoms with E-state index in [2.05, 4.69) is 36.5 Å². The van der Waals surface area contributed by atoms with Gasteiger partial charge in [-0.05, 0) is 62.6 Å². The molecule has 0 spiro atoms. The zero-order valence-electron chi connectivity index (χ0n) is 20.2. The Morgan fingerprint density at radius 3 is 2.09 bits per heavy atom. The van der Waals surface area contributed by atoms with E-state index in [4.69, 9.17) is 0 Å². The molecule has 0 aromatic heterocycles. The lowest BCUT2D eigenvalue weighted by molar-refractivity contribution is -0.119. The summed E-state index contributed by atoms with van der Waals surface area (Å²) in [4.78, 5) is 13.0. The molecule has 0 unspecified atom stereocenters. The fraction of sp³-hybridized carbons (Fsp3) is 0.296. The van der Waals surface area contributed by atoms with Crippen LogP contribution < -0.4 is 9.62 Å². The minimum absolute atomic E-state index is 0.167. The van der Waals surface area contributed by atoms with E-state index in [0.717, 1.165) is 28.2 Å². The van der Waals surface area contributed by atoms with Gasteiger partial charge in [-0.15, -0.1) is 0 Å². The number of aryl methyl sites for hydroxylation is 4. The van der Waals surface area contributed by atoms with Crippen LogP contribution in [0.15, 0.2) is 71.6 Å². The van der Waals surface area contributed by atoms with Gasteiger partial charge < -0.3 is 5.32 Å². The molecule has 0 aliphatic rings. The van der Waals surface area contributed by atoms with Crippen LogP contribution in [0.2, 0.25) is 0 Å². The van der Waals surface area contributed by atoms with Crippen molar-refractivity contribution in [2.45, 2.75) is 38.3 Å². The molecule has 0 atom stereocenters. The van der Waals surface area contributed by atoms with Gasteiger partial charge in [-0.1, -0.05) is 59.7 Å². The van der Waals surface area contributed by atoms with E-state index in [1.807, 2.05) is 39.0 Å². The van der Waals surface area contributed by atoms with Gasteiger partial charge in [0.25, 0.3) is 10.0 Å². The Labute approximate surface area is 207 Å². The zero-order valence-corrected chi connectivity index (χ0v) is 21.8. The zero-order chi connectivity index (χ0) is 24.7. The molecule has 0 saturated heterocycles. The van der Waals surface area contributed by atoms with Crippen LogP contribution in [0.25, 0.3) is 0 Å². The first-order chi connectivity index (χ1) is 16.2. The van der Waals surface area contributed by atoms with Gasteiger partial charge >= 0.3 is 0 Å². The predicted octanol–water partition coefficient (Wildman–Crippen LogP) is 5.17. The summed E-state index contributed by atoms with van der Waals surface area (Å²) in [6.07, 6.45) is 0. The number of hydrogen-bond donors (Lipinski definition) is 1. The molecule has 180 valence electrons. The first-order valence-corrected chi connectivity index (χ1v) is 13.8. The quantitative estimate of drug-likeness (QED) is 0.394. The smallest absolute Gasteiger partial charge is 0.264 e. The van der Waals surface area contributed by atoms with E-state index < -0.39 is 10.0 Å². The number of rotatable bonds is 10. The van der Waals surface area contributed by atoms with Crippen molar-refractivity contribution in [1.82, 2.24) is 5.32 Å². The number of carbonyl (C=O) groups is 1. The number of nitrogens with one attached hydrogen (secondary N) is 1. The van der Waals surface area contributed by atoms with Crippen molar-refractivity contribution in [1.29, 1.82) is 0 Å². The van der Waals surface area contributed by atoms with Crippen molar-refractivity contribution in [2.75, 3.05) is 23.1 Å². The highest BCUT2D eigenvalue weighted by Crippen LogP contribution is 2.28. The molecule has 3 aromatic rings. The molecule has 34 heavy (non-hydrogen) atoms. The number of carbonyl (C=O) groups excluding carboxylic acids is 1. The van der Waals surface area contributed by atoms with E-state index in [1.54, 1.807) is 36.0 Å². The second-order valence-electron chi connectivity index (χ2n) is 8.50. The summed E-state index contributed by atoms with van der Waals surface area (Å²) in [6, 6.07) is 20.7. The molecule has 3 rings (SSSR count). The maximum absolute atomic E-state index is 13.5. The fourth-order valence-electron chi connectivity index (χ4n) is 3.45. The fourth-order valence-corrected chi connectivity index (χ4v) is 5.74. The van der Waals surface area contributed by atoms with Crippen molar-refractivity contribution in [3.63, 3.8) is 0 Å². The molecule has 0 fully saturated rings. The Balaban J connectivity index is 1.68. The molecule has 1 N–H and O–H groups in total. The van der Waals surface area contributed by atoms with Gasteiger partial charge in [0.05, 0.1) is 10.6 Å². The lowest BCUT2D eigenvalue weighted by Gasteiger charge is -2.26. The third-order valence-electron chi connectivity index (χ3n) is 5.49. The van der Waals surface area contributed by atoms with Gasteiger partial charge in [-0.3, -0.25) is 9.10 Å². The average molecular weight is 497 g/mol. The number of sulfonamides is 1. The molecule has 0 heterocycles. The van der Waals surface area contributed by atoms with Gasteiger partial charge in [-0.2, -0.15) is 11.8 Å². The number of thioether (sulfide) groups is 1. The van der Waals surface area contributed by atoms with Crippen molar-refractivity contribution in [3.8, 4) is 0 Å². The van der Waals surface area contributed by atoms with Crippen molar-refractivity contribution < 1.29 is 13.2 Å². The summed E-state index contributed by atoms with van der Waals surface area (Å²) in [5, 5.41) is 2.88. The molecule has 5 nitrogen and oxygen atoms in total. The number of nitrogens with zero attached hydrogens (tertiary/aromatic N) is 1. The molecule has 7 heteroatoms. The number of hydrogen-bond acceptors (Lipinski definition) is 4. The first-order valence-electron chi connectivity index (χ1n) is 11.2. The van der Waals surface area contributed by atoms with Crippen LogP contribution in [0, 0.1) is 27.7 Å². The highest BCUT2D eigenvalue weighted by atomic mass is 32.2. The number of amides is 1. The number of benzene rings is 3. The van der Waals surface area contributed by atoms with E-state index in [0.29, 0.717) is 12.2 Å². The van der Waals surface area contributed by atoms with Crippen molar-refractivity contribution in [2.24, 2.45) is 0 Å². The first kappa shape index (κ1) is 25.8. The normalized spacial score (nSPS) is 11.3. The molecule has 0 aliphatic heterocycles. The Morgan fingerprint density at radius 1 is 0.853 bits per heavy atom. The summed E-state index contributed by atoms with van der Waals surface area (Å²) in [5.74, 6) is 1.29. The standard InChI is InChI=1S/C27H32N2O3S2/c1-20-6-11-24(12-7-20)19-33-16-15-28-27(30)18-29(26-17-22(3)5-10-23(26)4)34(31,32)25-13-8-21(2)9-14-25/h5-14,17H,15-16,18-19H2,1-4H3,(H,28,30). The molecule has 0 saturated carbocycles. The summed E-state index contributed by atoms with van der Waals surface area (Å²) < 4.78 is 28.3. The van der Waals surface area contributed by atoms with Crippen molar-refractivity contribution >= 4 is 33.4 Å². The Bertz CT molecular complexity index is 1220. The maximum Gasteiger partial charge on any atom is 0.264 e.